The van der Waals surface area contributed by atoms with Crippen LogP contribution in [0.2, 0.25) is 0 Å². The number of nitrogens with one attached hydrogen (secondary N) is 2. The van der Waals surface area contributed by atoms with Crippen LogP contribution in [0.3, 0.4) is 0 Å². The van der Waals surface area contributed by atoms with Gasteiger partial charge in [-0.1, -0.05) is 6.07 Å². The molecule has 8 heteroatoms. The molecule has 29 heavy (non-hydrogen) atoms. The van der Waals surface area contributed by atoms with Crippen molar-refractivity contribution in [2.45, 2.75) is 26.7 Å². The van der Waals surface area contributed by atoms with Crippen LogP contribution in [0.15, 0.2) is 39.9 Å². The van der Waals surface area contributed by atoms with Gasteiger partial charge in [-0.25, -0.2) is 5.43 Å². The number of aryl methyl sites for hydroxylation is 2. The summed E-state index contributed by atoms with van der Waals surface area (Å²) in [7, 11) is 3.09. The lowest BCUT2D eigenvalue weighted by Crippen LogP contribution is -2.20. The highest BCUT2D eigenvalue weighted by atomic mass is 79.9. The summed E-state index contributed by atoms with van der Waals surface area (Å²) in [5.41, 5.74) is 6.04. The molecular formula is C21H24BrN3O4. The highest BCUT2D eigenvalue weighted by Gasteiger charge is 2.09. The molecule has 0 aliphatic carbocycles. The predicted octanol–water partition coefficient (Wildman–Crippen LogP) is 3.95. The van der Waals surface area contributed by atoms with Crippen LogP contribution in [0.1, 0.15) is 29.5 Å². The van der Waals surface area contributed by atoms with Crippen LogP contribution in [0.25, 0.3) is 0 Å². The summed E-state index contributed by atoms with van der Waals surface area (Å²) in [5.74, 6) is 0.588. The number of nitrogens with zero attached hydrogens (tertiary/aromatic N) is 1. The molecule has 0 spiro atoms. The summed E-state index contributed by atoms with van der Waals surface area (Å²) in [6, 6.07) is 9.16. The number of hydrazone groups is 1. The molecule has 0 fully saturated rings. The fourth-order valence-electron chi connectivity index (χ4n) is 2.48. The van der Waals surface area contributed by atoms with Gasteiger partial charge in [0.15, 0.2) is 0 Å². The molecule has 0 saturated heterocycles. The van der Waals surface area contributed by atoms with E-state index in [0.29, 0.717) is 22.7 Å². The first kappa shape index (κ1) is 22.4. The normalized spacial score (nSPS) is 10.7. The van der Waals surface area contributed by atoms with E-state index in [2.05, 4.69) is 31.8 Å². The first-order valence-corrected chi connectivity index (χ1v) is 9.74. The third kappa shape index (κ3) is 6.60. The Labute approximate surface area is 178 Å². The van der Waals surface area contributed by atoms with E-state index in [-0.39, 0.29) is 24.7 Å². The quantitative estimate of drug-likeness (QED) is 0.459. The summed E-state index contributed by atoms with van der Waals surface area (Å²) in [6.07, 6.45) is 1.55. The molecule has 154 valence electrons. The fraction of sp³-hybridized carbons (Fsp3) is 0.286. The van der Waals surface area contributed by atoms with E-state index >= 15 is 0 Å². The molecule has 0 aliphatic rings. The second-order valence-electron chi connectivity index (χ2n) is 6.37. The monoisotopic (exact) mass is 461 g/mol. The van der Waals surface area contributed by atoms with Gasteiger partial charge in [0.05, 0.1) is 24.9 Å². The number of halogens is 1. The lowest BCUT2D eigenvalue weighted by molar-refractivity contribution is -0.124. The van der Waals surface area contributed by atoms with Gasteiger partial charge >= 0.3 is 0 Å². The Morgan fingerprint density at radius 3 is 2.34 bits per heavy atom. The number of hydrogen-bond acceptors (Lipinski definition) is 5. The number of anilines is 1. The van der Waals surface area contributed by atoms with Gasteiger partial charge in [0, 0.05) is 30.2 Å². The molecule has 0 aliphatic heterocycles. The molecule has 2 aromatic carbocycles. The molecule has 2 amide bonds. The standard InChI is InChI=1S/C21H24BrN3O4/c1-13-5-6-16(9-14(13)2)24-20(26)7-8-21(27)25-23-12-15-10-17(22)19(29-4)11-18(15)28-3/h5-6,9-12H,7-8H2,1-4H3,(H,24,26)(H,25,27). The predicted molar refractivity (Wildman–Crippen MR) is 117 cm³/mol. The zero-order chi connectivity index (χ0) is 21.4. The molecule has 0 radical (unpaired) electrons. The van der Waals surface area contributed by atoms with E-state index in [1.165, 1.54) is 13.3 Å². The van der Waals surface area contributed by atoms with Crippen molar-refractivity contribution in [2.24, 2.45) is 5.10 Å². The number of rotatable bonds is 8. The van der Waals surface area contributed by atoms with Gasteiger partial charge in [-0.3, -0.25) is 9.59 Å². The lowest BCUT2D eigenvalue weighted by Gasteiger charge is -2.09. The van der Waals surface area contributed by atoms with Crippen molar-refractivity contribution in [2.75, 3.05) is 19.5 Å². The summed E-state index contributed by atoms with van der Waals surface area (Å²) in [5, 5.41) is 6.72. The molecule has 0 unspecified atom stereocenters. The third-order valence-corrected chi connectivity index (χ3v) is 4.89. The van der Waals surface area contributed by atoms with Crippen molar-refractivity contribution in [1.82, 2.24) is 5.43 Å². The SMILES string of the molecule is COc1cc(OC)c(C=NNC(=O)CCC(=O)Nc2ccc(C)c(C)c2)cc1Br. The molecule has 0 saturated carbocycles. The third-order valence-electron chi connectivity index (χ3n) is 4.27. The van der Waals surface area contributed by atoms with E-state index in [9.17, 15) is 9.59 Å². The van der Waals surface area contributed by atoms with Gasteiger partial charge in [-0.15, -0.1) is 0 Å². The van der Waals surface area contributed by atoms with Crippen LogP contribution >= 0.6 is 15.9 Å². The Hall–Kier alpha value is -2.87. The minimum atomic E-state index is -0.358. The fourth-order valence-corrected chi connectivity index (χ4v) is 3.01. The number of amides is 2. The Balaban J connectivity index is 1.85. The number of methoxy groups -OCH3 is 2. The van der Waals surface area contributed by atoms with Crippen LogP contribution in [-0.2, 0) is 9.59 Å². The zero-order valence-corrected chi connectivity index (χ0v) is 18.4. The van der Waals surface area contributed by atoms with Crippen molar-refractivity contribution < 1.29 is 19.1 Å². The van der Waals surface area contributed by atoms with Crippen molar-refractivity contribution in [3.63, 3.8) is 0 Å². The van der Waals surface area contributed by atoms with Crippen molar-refractivity contribution in [3.05, 3.63) is 51.5 Å². The van der Waals surface area contributed by atoms with E-state index in [4.69, 9.17) is 9.47 Å². The van der Waals surface area contributed by atoms with Crippen LogP contribution in [-0.4, -0.2) is 32.2 Å². The van der Waals surface area contributed by atoms with Crippen LogP contribution in [0.4, 0.5) is 5.69 Å². The average Bonchev–Trinajstić information content (AvgIpc) is 2.69. The molecule has 2 N–H and O–H groups in total. The van der Waals surface area contributed by atoms with Crippen molar-refractivity contribution in [1.29, 1.82) is 0 Å². The Morgan fingerprint density at radius 2 is 1.69 bits per heavy atom. The summed E-state index contributed by atoms with van der Waals surface area (Å²) in [4.78, 5) is 24.0. The second kappa shape index (κ2) is 10.6. The highest BCUT2D eigenvalue weighted by Crippen LogP contribution is 2.31. The lowest BCUT2D eigenvalue weighted by atomic mass is 10.1. The number of benzene rings is 2. The largest absolute Gasteiger partial charge is 0.496 e. The maximum Gasteiger partial charge on any atom is 0.240 e. The van der Waals surface area contributed by atoms with Crippen LogP contribution < -0.4 is 20.2 Å². The molecule has 0 bridgehead atoms. The van der Waals surface area contributed by atoms with Gasteiger partial charge in [-0.05, 0) is 59.1 Å². The van der Waals surface area contributed by atoms with Gasteiger partial charge in [0.1, 0.15) is 11.5 Å². The topological polar surface area (TPSA) is 89.0 Å². The molecule has 0 aromatic heterocycles. The van der Waals surface area contributed by atoms with Crippen LogP contribution in [0, 0.1) is 13.8 Å². The van der Waals surface area contributed by atoms with E-state index in [1.807, 2.05) is 32.0 Å². The maximum absolute atomic E-state index is 12.0. The van der Waals surface area contributed by atoms with Crippen LogP contribution in [0.5, 0.6) is 11.5 Å². The highest BCUT2D eigenvalue weighted by molar-refractivity contribution is 9.10. The molecule has 2 rings (SSSR count). The first-order chi connectivity index (χ1) is 13.8. The molecule has 0 heterocycles. The summed E-state index contributed by atoms with van der Waals surface area (Å²) in [6.45, 7) is 3.98. The van der Waals surface area contributed by atoms with E-state index in [0.717, 1.165) is 15.6 Å². The van der Waals surface area contributed by atoms with Crippen molar-refractivity contribution >= 4 is 39.6 Å². The second-order valence-corrected chi connectivity index (χ2v) is 7.22. The Kier molecular flexibility index (Phi) is 8.21. The van der Waals surface area contributed by atoms with Gasteiger partial charge in [-0.2, -0.15) is 5.10 Å². The minimum absolute atomic E-state index is 0.0253. The molecular weight excluding hydrogens is 438 g/mol. The Morgan fingerprint density at radius 1 is 1.00 bits per heavy atom. The number of carbonyl (C=O) groups excluding carboxylic acids is 2. The molecule has 0 atom stereocenters. The first-order valence-electron chi connectivity index (χ1n) is 8.94. The molecule has 2 aromatic rings. The minimum Gasteiger partial charge on any atom is -0.496 e. The maximum atomic E-state index is 12.0. The van der Waals surface area contributed by atoms with Gasteiger partial charge < -0.3 is 14.8 Å². The smallest absolute Gasteiger partial charge is 0.240 e. The van der Waals surface area contributed by atoms with Gasteiger partial charge in [0.25, 0.3) is 0 Å². The molecule has 7 nitrogen and oxygen atoms in total. The summed E-state index contributed by atoms with van der Waals surface area (Å²) < 4.78 is 11.2. The summed E-state index contributed by atoms with van der Waals surface area (Å²) >= 11 is 3.39. The van der Waals surface area contributed by atoms with Gasteiger partial charge in [0.2, 0.25) is 11.8 Å². The Bertz CT molecular complexity index is 928. The number of hydrogen-bond donors (Lipinski definition) is 2. The number of ether oxygens (including phenoxy) is 2. The zero-order valence-electron chi connectivity index (χ0n) is 16.8. The van der Waals surface area contributed by atoms with E-state index in [1.54, 1.807) is 19.2 Å². The average molecular weight is 462 g/mol. The van der Waals surface area contributed by atoms with E-state index < -0.39 is 0 Å². The van der Waals surface area contributed by atoms with Crippen molar-refractivity contribution in [3.8, 4) is 11.5 Å². The number of carbonyl (C=O) groups is 2.